The fourth-order valence-corrected chi connectivity index (χ4v) is 6.17. The number of H-pyrrole nitrogens is 1. The summed E-state index contributed by atoms with van der Waals surface area (Å²) in [5, 5.41) is 0.225. The molecule has 2 aromatic rings. The second-order valence-electron chi connectivity index (χ2n) is 6.94. The minimum absolute atomic E-state index is 0.0590. The first-order chi connectivity index (χ1) is 12.4. The molecule has 2 aliphatic heterocycles. The van der Waals surface area contributed by atoms with Crippen LogP contribution in [-0.4, -0.2) is 53.3 Å². The number of rotatable bonds is 3. The number of nitrogens with one attached hydrogen (secondary N) is 1. The van der Waals surface area contributed by atoms with Crippen LogP contribution in [0.5, 0.6) is 0 Å². The van der Waals surface area contributed by atoms with Crippen molar-refractivity contribution < 1.29 is 13.2 Å². The van der Waals surface area contributed by atoms with Crippen molar-refractivity contribution >= 4 is 27.3 Å². The van der Waals surface area contributed by atoms with Gasteiger partial charge in [0, 0.05) is 29.4 Å². The Bertz CT molecular complexity index is 953. The molecule has 3 heterocycles. The second kappa shape index (κ2) is 6.39. The summed E-state index contributed by atoms with van der Waals surface area (Å²) in [5.41, 5.74) is 2.00. The molecule has 1 aromatic heterocycles. The van der Waals surface area contributed by atoms with Gasteiger partial charge in [0.15, 0.2) is 9.84 Å². The summed E-state index contributed by atoms with van der Waals surface area (Å²) in [4.78, 5) is 22.4. The highest BCUT2D eigenvalue weighted by Crippen LogP contribution is 2.34. The average molecular weight is 394 g/mol. The van der Waals surface area contributed by atoms with Gasteiger partial charge in [-0.05, 0) is 43.0 Å². The topological polar surface area (TPSA) is 83.1 Å². The van der Waals surface area contributed by atoms with Crippen LogP contribution in [0.3, 0.4) is 0 Å². The number of benzene rings is 1. The SMILES string of the molecule is CCc1[nH]c(-c2ccc(Cl)cc2)nc1C(=O)N1C[C@@H]2CCS(=O)(=O)[C@@H]2C1. The summed E-state index contributed by atoms with van der Waals surface area (Å²) in [6, 6.07) is 7.25. The van der Waals surface area contributed by atoms with Crippen LogP contribution in [0.25, 0.3) is 11.4 Å². The number of sulfone groups is 1. The van der Waals surface area contributed by atoms with Gasteiger partial charge in [0.2, 0.25) is 0 Å². The van der Waals surface area contributed by atoms with Crippen LogP contribution in [0.4, 0.5) is 0 Å². The summed E-state index contributed by atoms with van der Waals surface area (Å²) in [7, 11) is -3.06. The minimum atomic E-state index is -3.06. The predicted octanol–water partition coefficient (Wildman–Crippen LogP) is 2.55. The fourth-order valence-electron chi connectivity index (χ4n) is 3.89. The number of carbonyl (C=O) groups is 1. The van der Waals surface area contributed by atoms with Gasteiger partial charge < -0.3 is 9.88 Å². The van der Waals surface area contributed by atoms with Crippen LogP contribution in [0.15, 0.2) is 24.3 Å². The summed E-state index contributed by atoms with van der Waals surface area (Å²) in [6.45, 7) is 2.73. The highest BCUT2D eigenvalue weighted by atomic mass is 35.5. The van der Waals surface area contributed by atoms with Crippen LogP contribution in [0.1, 0.15) is 29.5 Å². The van der Waals surface area contributed by atoms with Crippen molar-refractivity contribution in [3.8, 4) is 11.4 Å². The van der Waals surface area contributed by atoms with E-state index in [1.165, 1.54) is 0 Å². The quantitative estimate of drug-likeness (QED) is 0.868. The highest BCUT2D eigenvalue weighted by molar-refractivity contribution is 7.92. The highest BCUT2D eigenvalue weighted by Gasteiger charge is 2.47. The van der Waals surface area contributed by atoms with E-state index in [1.54, 1.807) is 17.0 Å². The Hall–Kier alpha value is -1.86. The largest absolute Gasteiger partial charge is 0.341 e. The first-order valence-electron chi connectivity index (χ1n) is 8.74. The molecule has 0 bridgehead atoms. The zero-order valence-electron chi connectivity index (χ0n) is 14.4. The molecule has 0 unspecified atom stereocenters. The van der Waals surface area contributed by atoms with Crippen LogP contribution in [0, 0.1) is 5.92 Å². The maximum atomic E-state index is 13.0. The molecule has 6 nitrogen and oxygen atoms in total. The van der Waals surface area contributed by atoms with Gasteiger partial charge in [-0.3, -0.25) is 4.79 Å². The fraction of sp³-hybridized carbons (Fsp3) is 0.444. The third kappa shape index (κ3) is 2.93. The lowest BCUT2D eigenvalue weighted by Gasteiger charge is -2.16. The molecule has 1 N–H and O–H groups in total. The molecular formula is C18H20ClN3O3S. The minimum Gasteiger partial charge on any atom is -0.341 e. The Morgan fingerprint density at radius 1 is 1.31 bits per heavy atom. The number of aromatic amines is 1. The van der Waals surface area contributed by atoms with Crippen molar-refractivity contribution in [2.45, 2.75) is 25.0 Å². The van der Waals surface area contributed by atoms with Crippen LogP contribution in [0.2, 0.25) is 5.02 Å². The average Bonchev–Trinajstić information content (AvgIpc) is 3.30. The Kier molecular flexibility index (Phi) is 4.31. The first kappa shape index (κ1) is 17.5. The number of likely N-dealkylation sites (tertiary alicyclic amines) is 1. The second-order valence-corrected chi connectivity index (χ2v) is 9.71. The Balaban J connectivity index is 1.61. The molecule has 2 fully saturated rings. The summed E-state index contributed by atoms with van der Waals surface area (Å²) in [6.07, 6.45) is 1.29. The normalized spacial score (nSPS) is 24.0. The Morgan fingerprint density at radius 3 is 2.69 bits per heavy atom. The van der Waals surface area contributed by atoms with Gasteiger partial charge in [-0.15, -0.1) is 0 Å². The molecule has 26 heavy (non-hydrogen) atoms. The van der Waals surface area contributed by atoms with E-state index in [4.69, 9.17) is 11.6 Å². The van der Waals surface area contributed by atoms with Crippen molar-refractivity contribution in [1.82, 2.24) is 14.9 Å². The molecule has 2 atom stereocenters. The number of carbonyl (C=O) groups excluding carboxylic acids is 1. The molecule has 1 amide bonds. The van der Waals surface area contributed by atoms with E-state index < -0.39 is 15.1 Å². The Morgan fingerprint density at radius 2 is 2.04 bits per heavy atom. The zero-order valence-corrected chi connectivity index (χ0v) is 16.0. The van der Waals surface area contributed by atoms with Gasteiger partial charge in [-0.1, -0.05) is 18.5 Å². The van der Waals surface area contributed by atoms with Gasteiger partial charge in [0.05, 0.1) is 11.0 Å². The maximum absolute atomic E-state index is 13.0. The Labute approximate surface area is 157 Å². The van der Waals surface area contributed by atoms with Crippen molar-refractivity contribution in [2.24, 2.45) is 5.92 Å². The number of amides is 1. The van der Waals surface area contributed by atoms with E-state index in [2.05, 4.69) is 9.97 Å². The van der Waals surface area contributed by atoms with E-state index in [-0.39, 0.29) is 24.1 Å². The first-order valence-corrected chi connectivity index (χ1v) is 10.8. The van der Waals surface area contributed by atoms with E-state index >= 15 is 0 Å². The van der Waals surface area contributed by atoms with Crippen molar-refractivity contribution in [3.05, 3.63) is 40.7 Å². The molecule has 8 heteroatoms. The maximum Gasteiger partial charge on any atom is 0.274 e. The summed E-state index contributed by atoms with van der Waals surface area (Å²) in [5.74, 6) is 0.730. The lowest BCUT2D eigenvalue weighted by molar-refractivity contribution is 0.0780. The van der Waals surface area contributed by atoms with Crippen molar-refractivity contribution in [1.29, 1.82) is 0 Å². The van der Waals surface area contributed by atoms with Crippen LogP contribution < -0.4 is 0 Å². The van der Waals surface area contributed by atoms with Gasteiger partial charge in [0.25, 0.3) is 5.91 Å². The van der Waals surface area contributed by atoms with Crippen LogP contribution in [-0.2, 0) is 16.3 Å². The molecule has 138 valence electrons. The van der Waals surface area contributed by atoms with Crippen molar-refractivity contribution in [2.75, 3.05) is 18.8 Å². The third-order valence-corrected chi connectivity index (χ3v) is 7.87. The van der Waals surface area contributed by atoms with E-state index in [9.17, 15) is 13.2 Å². The molecule has 2 saturated heterocycles. The molecule has 4 rings (SSSR count). The number of aryl methyl sites for hydroxylation is 1. The van der Waals surface area contributed by atoms with Gasteiger partial charge in [0.1, 0.15) is 11.5 Å². The number of aromatic nitrogens is 2. The van der Waals surface area contributed by atoms with Gasteiger partial charge in [-0.25, -0.2) is 13.4 Å². The third-order valence-electron chi connectivity index (χ3n) is 5.36. The molecule has 0 radical (unpaired) electrons. The van der Waals surface area contributed by atoms with Crippen molar-refractivity contribution in [3.63, 3.8) is 0 Å². The molecular weight excluding hydrogens is 374 g/mol. The monoisotopic (exact) mass is 393 g/mol. The lowest BCUT2D eigenvalue weighted by atomic mass is 10.1. The smallest absolute Gasteiger partial charge is 0.274 e. The van der Waals surface area contributed by atoms with E-state index in [1.807, 2.05) is 19.1 Å². The van der Waals surface area contributed by atoms with Gasteiger partial charge >= 0.3 is 0 Å². The standard InChI is InChI=1S/C18H20ClN3O3S/c1-2-14-16(21-17(20-14)11-3-5-13(19)6-4-11)18(23)22-9-12-7-8-26(24,25)15(12)10-22/h3-6,12,15H,2,7-10H2,1H3,(H,20,21)/t12-,15+/m0/s1. The molecule has 0 saturated carbocycles. The molecule has 0 spiro atoms. The summed E-state index contributed by atoms with van der Waals surface area (Å²) >= 11 is 5.93. The molecule has 1 aromatic carbocycles. The number of hydrogen-bond donors (Lipinski definition) is 1. The predicted molar refractivity (Wildman–Crippen MR) is 100.0 cm³/mol. The van der Waals surface area contributed by atoms with Gasteiger partial charge in [-0.2, -0.15) is 0 Å². The lowest BCUT2D eigenvalue weighted by Crippen LogP contribution is -2.32. The molecule has 2 aliphatic rings. The van der Waals surface area contributed by atoms with E-state index in [0.717, 1.165) is 11.3 Å². The number of nitrogens with zero attached hydrogens (tertiary/aromatic N) is 2. The number of halogens is 1. The molecule has 0 aliphatic carbocycles. The summed E-state index contributed by atoms with van der Waals surface area (Å²) < 4.78 is 24.2. The number of fused-ring (bicyclic) bond motifs is 1. The number of imidazole rings is 1. The van der Waals surface area contributed by atoms with E-state index in [0.29, 0.717) is 35.9 Å². The number of hydrogen-bond acceptors (Lipinski definition) is 4. The van der Waals surface area contributed by atoms with Crippen LogP contribution >= 0.6 is 11.6 Å². The zero-order chi connectivity index (χ0) is 18.5.